The first kappa shape index (κ1) is 21.9. The van der Waals surface area contributed by atoms with Crippen LogP contribution in [-0.4, -0.2) is 36.6 Å². The van der Waals surface area contributed by atoms with Gasteiger partial charge in [0.1, 0.15) is 0 Å². The number of benzene rings is 1. The van der Waals surface area contributed by atoms with Crippen molar-refractivity contribution in [1.29, 1.82) is 0 Å². The number of hydrogen-bond acceptors (Lipinski definition) is 4. The first-order valence-corrected chi connectivity index (χ1v) is 10.6. The molecule has 1 unspecified atom stereocenters. The number of hydrogen-bond donors (Lipinski definition) is 0. The molecule has 0 radical (unpaired) electrons. The largest absolute Gasteiger partial charge is 0.460 e. The maximum absolute atomic E-state index is 6.40. The molecule has 0 amide bonds. The molecular weight excluding hydrogens is 350 g/mol. The van der Waals surface area contributed by atoms with E-state index in [1.165, 1.54) is 5.56 Å². The van der Waals surface area contributed by atoms with Crippen LogP contribution in [0.5, 0.6) is 0 Å². The summed E-state index contributed by atoms with van der Waals surface area (Å²) in [5.74, 6) is 0.191. The van der Waals surface area contributed by atoms with Crippen LogP contribution in [0.1, 0.15) is 67.4 Å². The van der Waals surface area contributed by atoms with Crippen LogP contribution in [0.3, 0.4) is 0 Å². The van der Waals surface area contributed by atoms with Gasteiger partial charge in [0.15, 0.2) is 0 Å². The highest BCUT2D eigenvalue weighted by molar-refractivity contribution is 6.53. The molecule has 2 aliphatic rings. The Kier molecular flexibility index (Phi) is 5.83. The van der Waals surface area contributed by atoms with Crippen LogP contribution >= 0.6 is 0 Å². The van der Waals surface area contributed by atoms with Gasteiger partial charge in [0.25, 0.3) is 0 Å². The summed E-state index contributed by atoms with van der Waals surface area (Å²) in [6.45, 7) is 16.8. The van der Waals surface area contributed by atoms with Crippen molar-refractivity contribution in [3.05, 3.63) is 35.9 Å². The van der Waals surface area contributed by atoms with Gasteiger partial charge in [-0.3, -0.25) is 0 Å². The lowest BCUT2D eigenvalue weighted by Crippen LogP contribution is -2.41. The molecule has 0 spiro atoms. The van der Waals surface area contributed by atoms with Gasteiger partial charge in [0, 0.05) is 0 Å². The molecule has 28 heavy (non-hydrogen) atoms. The molecular formula is C22H36B2O4. The van der Waals surface area contributed by atoms with Crippen LogP contribution < -0.4 is 0 Å². The lowest BCUT2D eigenvalue weighted by molar-refractivity contribution is 0.00578. The predicted octanol–water partition coefficient (Wildman–Crippen LogP) is 5.17. The van der Waals surface area contributed by atoms with E-state index in [-0.39, 0.29) is 42.5 Å². The monoisotopic (exact) mass is 386 g/mol. The van der Waals surface area contributed by atoms with Crippen LogP contribution in [0.4, 0.5) is 0 Å². The third kappa shape index (κ3) is 4.35. The molecule has 154 valence electrons. The molecule has 2 aliphatic heterocycles. The topological polar surface area (TPSA) is 36.9 Å². The highest BCUT2D eigenvalue weighted by Crippen LogP contribution is 2.45. The molecule has 0 aromatic heterocycles. The second-order valence-electron chi connectivity index (χ2n) is 10.3. The van der Waals surface area contributed by atoms with E-state index < -0.39 is 0 Å². The number of aryl methyl sites for hydroxylation is 1. The molecule has 0 saturated carbocycles. The van der Waals surface area contributed by atoms with E-state index in [1.807, 2.05) is 0 Å². The van der Waals surface area contributed by atoms with E-state index in [4.69, 9.17) is 18.6 Å². The van der Waals surface area contributed by atoms with Crippen molar-refractivity contribution in [3.63, 3.8) is 0 Å². The Hall–Kier alpha value is -0.810. The van der Waals surface area contributed by atoms with Gasteiger partial charge in [-0.2, -0.15) is 0 Å². The first-order chi connectivity index (χ1) is 12.8. The third-order valence-electron chi connectivity index (χ3n) is 7.10. The summed E-state index contributed by atoms with van der Waals surface area (Å²) in [5.41, 5.74) is 0.0183. The normalized spacial score (nSPS) is 25.9. The highest BCUT2D eigenvalue weighted by atomic mass is 16.7. The van der Waals surface area contributed by atoms with Crippen LogP contribution in [0.25, 0.3) is 0 Å². The molecule has 1 atom stereocenters. The Morgan fingerprint density at radius 1 is 0.714 bits per heavy atom. The Morgan fingerprint density at radius 2 is 1.18 bits per heavy atom. The fourth-order valence-electron chi connectivity index (χ4n) is 3.75. The van der Waals surface area contributed by atoms with Crippen molar-refractivity contribution in [1.82, 2.24) is 0 Å². The minimum Gasteiger partial charge on any atom is -0.403 e. The maximum Gasteiger partial charge on any atom is 0.460 e. The van der Waals surface area contributed by atoms with E-state index in [0.717, 1.165) is 19.2 Å². The molecule has 0 N–H and O–H groups in total. The lowest BCUT2D eigenvalue weighted by atomic mass is 9.59. The molecule has 2 saturated heterocycles. The van der Waals surface area contributed by atoms with Crippen molar-refractivity contribution in [2.75, 3.05) is 0 Å². The van der Waals surface area contributed by atoms with Crippen LogP contribution in [0, 0.1) is 0 Å². The summed E-state index contributed by atoms with van der Waals surface area (Å²) in [5, 5.41) is 0. The third-order valence-corrected chi connectivity index (χ3v) is 7.10. The zero-order chi connectivity index (χ0) is 20.8. The van der Waals surface area contributed by atoms with Crippen molar-refractivity contribution in [2.45, 2.75) is 103 Å². The van der Waals surface area contributed by atoms with Crippen LogP contribution in [0.15, 0.2) is 30.3 Å². The molecule has 6 heteroatoms. The predicted molar refractivity (Wildman–Crippen MR) is 115 cm³/mol. The smallest absolute Gasteiger partial charge is 0.403 e. The second kappa shape index (κ2) is 7.46. The Labute approximate surface area is 171 Å². The zero-order valence-electron chi connectivity index (χ0n) is 18.9. The van der Waals surface area contributed by atoms with Gasteiger partial charge in [-0.25, -0.2) is 0 Å². The standard InChI is InChI=1S/C22H36B2O4/c1-19(2)20(3,4)26-23(25-19)16-18(15-14-17-12-10-9-11-13-17)24-27-21(5,6)22(7,8)28-24/h9-13,18H,14-16H2,1-8H3. The first-order valence-electron chi connectivity index (χ1n) is 10.6. The van der Waals surface area contributed by atoms with E-state index in [1.54, 1.807) is 0 Å². The molecule has 0 aliphatic carbocycles. The molecule has 2 heterocycles. The van der Waals surface area contributed by atoms with E-state index >= 15 is 0 Å². The van der Waals surface area contributed by atoms with Gasteiger partial charge in [0.05, 0.1) is 22.4 Å². The maximum atomic E-state index is 6.40. The second-order valence-corrected chi connectivity index (χ2v) is 10.3. The Balaban J connectivity index is 1.74. The molecule has 2 fully saturated rings. The Bertz CT molecular complexity index is 640. The number of rotatable bonds is 6. The van der Waals surface area contributed by atoms with Gasteiger partial charge in [-0.15, -0.1) is 0 Å². The fraction of sp³-hybridized carbons (Fsp3) is 0.727. The van der Waals surface area contributed by atoms with E-state index in [0.29, 0.717) is 0 Å². The summed E-state index contributed by atoms with van der Waals surface area (Å²) >= 11 is 0. The minimum absolute atomic E-state index is 0.191. The van der Waals surface area contributed by atoms with Crippen molar-refractivity contribution < 1.29 is 18.6 Å². The summed E-state index contributed by atoms with van der Waals surface area (Å²) < 4.78 is 25.3. The van der Waals surface area contributed by atoms with Crippen LogP contribution in [-0.2, 0) is 25.0 Å². The van der Waals surface area contributed by atoms with Crippen molar-refractivity contribution >= 4 is 14.2 Å². The minimum atomic E-state index is -0.335. The highest BCUT2D eigenvalue weighted by Gasteiger charge is 2.56. The summed E-state index contributed by atoms with van der Waals surface area (Å²) in [6, 6.07) is 10.6. The lowest BCUT2D eigenvalue weighted by Gasteiger charge is -2.32. The van der Waals surface area contributed by atoms with Crippen molar-refractivity contribution in [3.8, 4) is 0 Å². The van der Waals surface area contributed by atoms with Crippen LogP contribution in [0.2, 0.25) is 12.1 Å². The summed E-state index contributed by atoms with van der Waals surface area (Å²) in [6.07, 6.45) is 2.70. The van der Waals surface area contributed by atoms with Gasteiger partial charge in [0.2, 0.25) is 0 Å². The molecule has 1 aromatic carbocycles. The summed E-state index contributed by atoms with van der Waals surface area (Å²) in [4.78, 5) is 0. The van der Waals surface area contributed by atoms with Crippen molar-refractivity contribution in [2.24, 2.45) is 0 Å². The molecule has 0 bridgehead atoms. The van der Waals surface area contributed by atoms with Gasteiger partial charge >= 0.3 is 14.2 Å². The fourth-order valence-corrected chi connectivity index (χ4v) is 3.75. The zero-order valence-corrected chi connectivity index (χ0v) is 18.9. The van der Waals surface area contributed by atoms with Gasteiger partial charge in [-0.1, -0.05) is 30.3 Å². The molecule has 4 nitrogen and oxygen atoms in total. The van der Waals surface area contributed by atoms with Gasteiger partial charge in [-0.05, 0) is 85.9 Å². The van der Waals surface area contributed by atoms with Gasteiger partial charge < -0.3 is 18.6 Å². The molecule has 3 rings (SSSR count). The Morgan fingerprint density at radius 3 is 1.68 bits per heavy atom. The summed E-state index contributed by atoms with van der Waals surface area (Å²) in [7, 11) is -0.502. The average molecular weight is 386 g/mol. The SMILES string of the molecule is CC1(C)OB(CC(CCc2ccccc2)B2OC(C)(C)C(C)(C)O2)OC1(C)C. The van der Waals surface area contributed by atoms with E-state index in [2.05, 4.69) is 85.7 Å². The van der Waals surface area contributed by atoms with E-state index in [9.17, 15) is 0 Å². The average Bonchev–Trinajstić information content (AvgIpc) is 2.91. The quantitative estimate of drug-likeness (QED) is 0.632. The molecule has 1 aromatic rings.